The molecule has 3 aromatic carbocycles. The van der Waals surface area contributed by atoms with Gasteiger partial charge in [-0.1, -0.05) is 12.1 Å². The Balaban J connectivity index is 1.49. The van der Waals surface area contributed by atoms with Crippen molar-refractivity contribution in [3.8, 4) is 22.5 Å². The molecular weight excluding hydrogens is 513 g/mol. The summed E-state index contributed by atoms with van der Waals surface area (Å²) in [5.74, 6) is -1.23. The van der Waals surface area contributed by atoms with Gasteiger partial charge >= 0.3 is 5.97 Å². The number of ether oxygens (including phenoxy) is 1. The fourth-order valence-corrected chi connectivity index (χ4v) is 5.39. The largest absolute Gasteiger partial charge is 0.467 e. The smallest absolute Gasteiger partial charge is 0.331 e. The lowest BCUT2D eigenvalue weighted by Crippen LogP contribution is -2.59. The number of aromatic amines is 1. The lowest BCUT2D eigenvalue weighted by Gasteiger charge is -2.39. The minimum Gasteiger partial charge on any atom is -0.467 e. The van der Waals surface area contributed by atoms with Crippen molar-refractivity contribution in [1.82, 2.24) is 15.6 Å². The minimum absolute atomic E-state index is 0.326. The molecule has 1 saturated carbocycles. The van der Waals surface area contributed by atoms with Crippen LogP contribution in [0.1, 0.15) is 40.0 Å². The second-order valence-electron chi connectivity index (χ2n) is 9.92. The summed E-state index contributed by atoms with van der Waals surface area (Å²) in [7, 11) is 2.86. The number of esters is 1. The highest BCUT2D eigenvalue weighted by atomic mass is 19.1. The Hall–Kier alpha value is -4.92. The number of methoxy groups -OCH3 is 1. The van der Waals surface area contributed by atoms with E-state index in [1.54, 1.807) is 36.5 Å². The number of H-pyrrole nitrogens is 1. The summed E-state index contributed by atoms with van der Waals surface area (Å²) in [6.07, 6.45) is 3.67. The van der Waals surface area contributed by atoms with E-state index in [-0.39, 0.29) is 11.8 Å². The van der Waals surface area contributed by atoms with Gasteiger partial charge in [0.1, 0.15) is 22.7 Å². The van der Waals surface area contributed by atoms with E-state index in [2.05, 4.69) is 15.6 Å². The summed E-state index contributed by atoms with van der Waals surface area (Å²) in [6.45, 7) is 0. The number of aromatic nitrogens is 1. The first kappa shape index (κ1) is 25.4. The Morgan fingerprint density at radius 2 is 1.75 bits per heavy atom. The molecule has 2 heterocycles. The molecule has 3 N–H and O–H groups in total. The molecule has 0 saturated heterocycles. The standard InChI is InChI=1S/C31H26FN3O5/c1-33-29(37)24-23-16-22(18-5-3-6-19(15-18)28(36)35-31(12-4-13-31)30(38)39-2)25-21(11-14-34-25)27(23)40-26(24)17-7-9-20(32)10-8-17/h3,5-11,14-16,34H,4,12-13H2,1-2H3,(H,33,37)(H,35,36). The van der Waals surface area contributed by atoms with Crippen molar-refractivity contribution in [2.45, 2.75) is 24.8 Å². The van der Waals surface area contributed by atoms with Gasteiger partial charge in [-0.25, -0.2) is 9.18 Å². The summed E-state index contributed by atoms with van der Waals surface area (Å²) < 4.78 is 24.8. The van der Waals surface area contributed by atoms with Crippen molar-refractivity contribution < 1.29 is 27.9 Å². The maximum absolute atomic E-state index is 13.6. The highest BCUT2D eigenvalue weighted by Crippen LogP contribution is 2.41. The number of nitrogens with one attached hydrogen (secondary N) is 3. The van der Waals surface area contributed by atoms with Crippen LogP contribution in [0.25, 0.3) is 44.3 Å². The van der Waals surface area contributed by atoms with Crippen LogP contribution in [0.5, 0.6) is 0 Å². The number of fused-ring (bicyclic) bond motifs is 3. The second-order valence-corrected chi connectivity index (χ2v) is 9.92. The van der Waals surface area contributed by atoms with Crippen molar-refractivity contribution in [2.24, 2.45) is 0 Å². The first-order valence-corrected chi connectivity index (χ1v) is 12.9. The number of hydrogen-bond acceptors (Lipinski definition) is 5. The zero-order chi connectivity index (χ0) is 28.0. The van der Waals surface area contributed by atoms with Crippen molar-refractivity contribution in [3.63, 3.8) is 0 Å². The van der Waals surface area contributed by atoms with Gasteiger partial charge in [0.15, 0.2) is 0 Å². The molecule has 0 spiro atoms. The average molecular weight is 540 g/mol. The lowest BCUT2D eigenvalue weighted by molar-refractivity contribution is -0.152. The number of carbonyl (C=O) groups excluding carboxylic acids is 3. The molecule has 1 aliphatic carbocycles. The molecule has 2 aromatic heterocycles. The van der Waals surface area contributed by atoms with E-state index in [1.807, 2.05) is 18.2 Å². The Morgan fingerprint density at radius 3 is 2.42 bits per heavy atom. The van der Waals surface area contributed by atoms with Gasteiger partial charge in [-0.3, -0.25) is 9.59 Å². The van der Waals surface area contributed by atoms with Gasteiger partial charge < -0.3 is 24.8 Å². The average Bonchev–Trinajstić information content (AvgIpc) is 3.59. The molecule has 9 heteroatoms. The number of rotatable bonds is 6. The van der Waals surface area contributed by atoms with Gasteiger partial charge in [-0.2, -0.15) is 0 Å². The van der Waals surface area contributed by atoms with E-state index in [4.69, 9.17) is 9.15 Å². The number of hydrogen-bond donors (Lipinski definition) is 3. The SMILES string of the molecule is CNC(=O)c1c(-c2ccc(F)cc2)oc2c1cc(-c1cccc(C(=O)NC3(C(=O)OC)CCC3)c1)c1[nH]ccc12. The molecule has 0 radical (unpaired) electrons. The van der Waals surface area contributed by atoms with Crippen molar-refractivity contribution >= 4 is 39.7 Å². The summed E-state index contributed by atoms with van der Waals surface area (Å²) in [5, 5.41) is 6.89. The lowest BCUT2D eigenvalue weighted by atomic mass is 9.76. The maximum atomic E-state index is 13.6. The third-order valence-electron chi connectivity index (χ3n) is 7.63. The highest BCUT2D eigenvalue weighted by molar-refractivity contribution is 6.19. The fourth-order valence-electron chi connectivity index (χ4n) is 5.39. The summed E-state index contributed by atoms with van der Waals surface area (Å²) in [5.41, 5.74) is 3.04. The molecule has 1 aliphatic rings. The molecule has 0 aliphatic heterocycles. The van der Waals surface area contributed by atoms with Crippen LogP contribution < -0.4 is 10.6 Å². The first-order valence-electron chi connectivity index (χ1n) is 12.9. The Labute approximate surface area is 228 Å². The predicted molar refractivity (Wildman–Crippen MR) is 148 cm³/mol. The summed E-state index contributed by atoms with van der Waals surface area (Å²) in [4.78, 5) is 41.9. The molecule has 202 valence electrons. The van der Waals surface area contributed by atoms with E-state index in [0.29, 0.717) is 46.3 Å². The molecule has 1 fully saturated rings. The number of halogens is 1. The van der Waals surface area contributed by atoms with E-state index in [9.17, 15) is 18.8 Å². The molecule has 40 heavy (non-hydrogen) atoms. The molecule has 0 bridgehead atoms. The first-order chi connectivity index (χ1) is 19.3. The van der Waals surface area contributed by atoms with Gasteiger partial charge in [0.05, 0.1) is 18.2 Å². The van der Waals surface area contributed by atoms with Crippen LogP contribution in [0.3, 0.4) is 0 Å². The zero-order valence-electron chi connectivity index (χ0n) is 21.9. The van der Waals surface area contributed by atoms with Crippen LogP contribution in [-0.4, -0.2) is 42.5 Å². The normalized spacial score (nSPS) is 14.1. The zero-order valence-corrected chi connectivity index (χ0v) is 21.9. The van der Waals surface area contributed by atoms with E-state index in [0.717, 1.165) is 28.5 Å². The fraction of sp³-hybridized carbons (Fsp3) is 0.194. The number of amides is 2. The Morgan fingerprint density at radius 1 is 0.975 bits per heavy atom. The van der Waals surface area contributed by atoms with Crippen molar-refractivity contribution in [3.05, 3.63) is 83.8 Å². The van der Waals surface area contributed by atoms with Crippen LogP contribution in [0.4, 0.5) is 4.39 Å². The molecule has 5 aromatic rings. The van der Waals surface area contributed by atoms with E-state index in [1.165, 1.54) is 26.3 Å². The van der Waals surface area contributed by atoms with Crippen LogP contribution in [0, 0.1) is 5.82 Å². The van der Waals surface area contributed by atoms with Crippen LogP contribution in [-0.2, 0) is 9.53 Å². The summed E-state index contributed by atoms with van der Waals surface area (Å²) >= 11 is 0. The third kappa shape index (κ3) is 4.02. The van der Waals surface area contributed by atoms with Gasteiger partial charge in [0.25, 0.3) is 11.8 Å². The maximum Gasteiger partial charge on any atom is 0.331 e. The minimum atomic E-state index is -0.997. The molecular formula is C31H26FN3O5. The third-order valence-corrected chi connectivity index (χ3v) is 7.63. The quantitative estimate of drug-likeness (QED) is 0.244. The molecule has 8 nitrogen and oxygen atoms in total. The number of carbonyl (C=O) groups is 3. The molecule has 0 atom stereocenters. The van der Waals surface area contributed by atoms with Gasteiger partial charge in [-0.15, -0.1) is 0 Å². The van der Waals surface area contributed by atoms with Crippen LogP contribution in [0.15, 0.2) is 71.3 Å². The van der Waals surface area contributed by atoms with Crippen molar-refractivity contribution in [2.75, 3.05) is 14.2 Å². The van der Waals surface area contributed by atoms with Gasteiger partial charge in [0, 0.05) is 40.7 Å². The topological polar surface area (TPSA) is 113 Å². The van der Waals surface area contributed by atoms with Gasteiger partial charge in [-0.05, 0) is 73.4 Å². The van der Waals surface area contributed by atoms with Crippen molar-refractivity contribution in [1.29, 1.82) is 0 Å². The van der Waals surface area contributed by atoms with Crippen LogP contribution in [0.2, 0.25) is 0 Å². The predicted octanol–water partition coefficient (Wildman–Crippen LogP) is 5.57. The number of benzene rings is 3. The van der Waals surface area contributed by atoms with Crippen LogP contribution >= 0.6 is 0 Å². The second kappa shape index (κ2) is 9.68. The Kier molecular flexibility index (Phi) is 6.14. The molecule has 6 rings (SSSR count). The monoisotopic (exact) mass is 539 g/mol. The number of furan rings is 1. The molecule has 0 unspecified atom stereocenters. The Bertz CT molecular complexity index is 1800. The molecule has 2 amide bonds. The van der Waals surface area contributed by atoms with Gasteiger partial charge in [0.2, 0.25) is 0 Å². The van der Waals surface area contributed by atoms with E-state index < -0.39 is 17.3 Å². The summed E-state index contributed by atoms with van der Waals surface area (Å²) in [6, 6.07) is 16.6. The highest BCUT2D eigenvalue weighted by Gasteiger charge is 2.46. The van der Waals surface area contributed by atoms with E-state index >= 15 is 0 Å².